The van der Waals surface area contributed by atoms with Crippen molar-refractivity contribution in [1.82, 2.24) is 9.56 Å². The van der Waals surface area contributed by atoms with Gasteiger partial charge in [-0.1, -0.05) is 29.0 Å². The van der Waals surface area contributed by atoms with Gasteiger partial charge >= 0.3 is 13.7 Å². The molecule has 4 N–H and O–H groups in total. The van der Waals surface area contributed by atoms with Crippen LogP contribution in [0.5, 0.6) is 23.0 Å². The van der Waals surface area contributed by atoms with Crippen LogP contribution in [-0.4, -0.2) is 55.8 Å². The van der Waals surface area contributed by atoms with Gasteiger partial charge in [-0.3, -0.25) is 4.52 Å². The van der Waals surface area contributed by atoms with E-state index in [1.165, 1.54) is 0 Å². The second kappa shape index (κ2) is 18.6. The molecule has 0 aliphatic rings. The van der Waals surface area contributed by atoms with Crippen LogP contribution in [0.4, 0.5) is 0 Å². The average molecular weight is 724 g/mol. The first-order valence-corrected chi connectivity index (χ1v) is 20.1. The van der Waals surface area contributed by atoms with Crippen molar-refractivity contribution in [3.63, 3.8) is 0 Å². The lowest BCUT2D eigenvalue weighted by molar-refractivity contribution is 0.340. The van der Waals surface area contributed by atoms with Gasteiger partial charge in [0.1, 0.15) is 17.2 Å². The van der Waals surface area contributed by atoms with E-state index in [0.717, 1.165) is 40.8 Å². The van der Waals surface area contributed by atoms with Crippen molar-refractivity contribution in [1.29, 1.82) is 0 Å². The van der Waals surface area contributed by atoms with Crippen LogP contribution in [0.25, 0.3) is 0 Å². The summed E-state index contributed by atoms with van der Waals surface area (Å²) in [5, 5.41) is 9.06. The fourth-order valence-electron chi connectivity index (χ4n) is 4.16. The minimum absolute atomic E-state index is 0.567. The fraction of sp³-hybridized carbons (Fsp3) is 0.235. The first-order valence-electron chi connectivity index (χ1n) is 15.3. The van der Waals surface area contributed by atoms with E-state index in [1.54, 1.807) is 36.1 Å². The molecule has 0 saturated carbocycles. The lowest BCUT2D eigenvalue weighted by Crippen LogP contribution is -2.17. The van der Waals surface area contributed by atoms with E-state index in [1.807, 2.05) is 104 Å². The molecule has 252 valence electrons. The van der Waals surface area contributed by atoms with Crippen molar-refractivity contribution >= 4 is 49.8 Å². The van der Waals surface area contributed by atoms with Crippen LogP contribution in [0.2, 0.25) is 0 Å². The number of hydrogen-bond donors (Lipinski definition) is 2. The molecular weight excluding hydrogens is 682 g/mol. The molecule has 0 spiro atoms. The van der Waals surface area contributed by atoms with E-state index >= 15 is 0 Å². The van der Waals surface area contributed by atoms with Gasteiger partial charge in [0.25, 0.3) is 0 Å². The summed E-state index contributed by atoms with van der Waals surface area (Å²) in [6.07, 6.45) is 4.98. The Hall–Kier alpha value is -3.89. The zero-order valence-electron chi connectivity index (χ0n) is 27.2. The molecule has 0 bridgehead atoms. The Balaban J connectivity index is 1.41. The summed E-state index contributed by atoms with van der Waals surface area (Å²) < 4.78 is 27.3. The Labute approximate surface area is 294 Å². The molecule has 48 heavy (non-hydrogen) atoms. The van der Waals surface area contributed by atoms with Crippen LogP contribution in [0.15, 0.2) is 107 Å². The van der Waals surface area contributed by atoms with Crippen molar-refractivity contribution in [2.45, 2.75) is 19.8 Å². The molecule has 10 nitrogen and oxygen atoms in total. The summed E-state index contributed by atoms with van der Waals surface area (Å²) in [6.45, 7) is 0.540. The van der Waals surface area contributed by atoms with Gasteiger partial charge < -0.3 is 25.3 Å². The molecule has 0 heterocycles. The molecular formula is C34H41N6O4P2S2+. The second-order valence-electron chi connectivity index (χ2n) is 10.4. The Morgan fingerprint density at radius 2 is 1.12 bits per heavy atom. The van der Waals surface area contributed by atoms with E-state index < -0.39 is 13.7 Å². The molecule has 0 aromatic heterocycles. The number of nitrogens with zero attached hydrogens (tertiary/aromatic N) is 4. The summed E-state index contributed by atoms with van der Waals surface area (Å²) in [4.78, 5) is 0. The lowest BCUT2D eigenvalue weighted by atomic mass is 10.1. The molecule has 0 fully saturated rings. The topological polar surface area (TPSA) is 120 Å². The van der Waals surface area contributed by atoms with Gasteiger partial charge in [0.05, 0.1) is 26.1 Å². The van der Waals surface area contributed by atoms with Crippen LogP contribution in [-0.2, 0) is 36.5 Å². The highest BCUT2D eigenvalue weighted by molar-refractivity contribution is 8.09. The highest BCUT2D eigenvalue weighted by atomic mass is 32.5. The van der Waals surface area contributed by atoms with Crippen molar-refractivity contribution in [2.75, 3.05) is 33.8 Å². The molecule has 1 unspecified atom stereocenters. The highest BCUT2D eigenvalue weighted by Crippen LogP contribution is 2.51. The first-order chi connectivity index (χ1) is 23.2. The third-order valence-electron chi connectivity index (χ3n) is 6.75. The van der Waals surface area contributed by atoms with E-state index in [4.69, 9.17) is 53.4 Å². The number of hydrazone groups is 2. The summed E-state index contributed by atoms with van der Waals surface area (Å²) in [7, 11) is 2.10. The first kappa shape index (κ1) is 36.9. The van der Waals surface area contributed by atoms with Crippen LogP contribution in [0.3, 0.4) is 0 Å². The molecule has 0 saturated heterocycles. The second-order valence-corrected chi connectivity index (χ2v) is 15.8. The monoisotopic (exact) mass is 723 g/mol. The number of benzene rings is 4. The summed E-state index contributed by atoms with van der Waals surface area (Å²) in [5.74, 6) is 2.60. The summed E-state index contributed by atoms with van der Waals surface area (Å²) in [5.41, 5.74) is 15.4. The van der Waals surface area contributed by atoms with Gasteiger partial charge in [-0.05, 0) is 128 Å². The Morgan fingerprint density at radius 1 is 0.688 bits per heavy atom. The standard InChI is InChI=1S/C34H41N6O4P2S2/c1-4-41-31-13-9-29(10-14-31)25-37-39(2)45(47)42-32-15-11-30(12-16-32)26-38-40(3)46(48,43-33-17-5-27(6-18-33)21-23-35)44-34-19-7-28(8-20-34)22-24-36/h5-20,25-26H,4,21-24,35-36H2,1-3H3/q+1/b37-25+,38-26+. The zero-order chi connectivity index (χ0) is 34.4. The zero-order valence-corrected chi connectivity index (χ0v) is 30.6. The van der Waals surface area contributed by atoms with Gasteiger partial charge in [0.2, 0.25) is 11.8 Å². The number of nitrogens with two attached hydrogens (primary N) is 2. The quantitative estimate of drug-likeness (QED) is 0.0641. The molecule has 0 amide bonds. The van der Waals surface area contributed by atoms with Crippen LogP contribution in [0.1, 0.15) is 29.2 Å². The van der Waals surface area contributed by atoms with E-state index in [2.05, 4.69) is 10.2 Å². The largest absolute Gasteiger partial charge is 0.540 e. The van der Waals surface area contributed by atoms with Gasteiger partial charge in [-0.15, -0.1) is 5.10 Å². The van der Waals surface area contributed by atoms with Gasteiger partial charge in [-0.25, -0.2) is 4.78 Å². The molecule has 0 radical (unpaired) electrons. The van der Waals surface area contributed by atoms with E-state index in [9.17, 15) is 0 Å². The van der Waals surface area contributed by atoms with Crippen LogP contribution in [0, 0.1) is 0 Å². The third kappa shape index (κ3) is 11.4. The number of hydrogen-bond acceptors (Lipinski definition) is 10. The molecule has 0 aliphatic heterocycles. The maximum Gasteiger partial charge on any atom is 0.540 e. The minimum atomic E-state index is -3.17. The lowest BCUT2D eigenvalue weighted by Gasteiger charge is -2.29. The normalized spacial score (nSPS) is 11.8. The SMILES string of the molecule is CCOc1ccc(/C=N/N(C)[P+](=S)Oc2ccc(/C=N/N(C)P(=S)(Oc3ccc(CCN)cc3)Oc3ccc(CCN)cc3)cc2)cc1. The smallest absolute Gasteiger partial charge is 0.494 e. The predicted molar refractivity (Wildman–Crippen MR) is 204 cm³/mol. The maximum absolute atomic E-state index is 6.33. The molecule has 4 aromatic carbocycles. The molecule has 0 aliphatic carbocycles. The summed E-state index contributed by atoms with van der Waals surface area (Å²) in [6, 6.07) is 30.5. The van der Waals surface area contributed by atoms with Crippen molar-refractivity contribution < 1.29 is 18.3 Å². The van der Waals surface area contributed by atoms with E-state index in [0.29, 0.717) is 36.9 Å². The Morgan fingerprint density at radius 3 is 1.58 bits per heavy atom. The van der Waals surface area contributed by atoms with Gasteiger partial charge in [0, 0.05) is 18.9 Å². The van der Waals surface area contributed by atoms with Gasteiger partial charge in [0.15, 0.2) is 5.75 Å². The highest BCUT2D eigenvalue weighted by Gasteiger charge is 2.29. The average Bonchev–Trinajstić information content (AvgIpc) is 3.09. The van der Waals surface area contributed by atoms with Crippen molar-refractivity contribution in [3.8, 4) is 23.0 Å². The molecule has 4 aromatic rings. The third-order valence-corrected chi connectivity index (χ3v) is 11.5. The van der Waals surface area contributed by atoms with Crippen LogP contribution < -0.4 is 29.8 Å². The minimum Gasteiger partial charge on any atom is -0.494 e. The van der Waals surface area contributed by atoms with Crippen LogP contribution >= 0.6 is 13.7 Å². The summed E-state index contributed by atoms with van der Waals surface area (Å²) >= 11 is 11.6. The molecule has 14 heteroatoms. The van der Waals surface area contributed by atoms with Crippen molar-refractivity contribution in [3.05, 3.63) is 119 Å². The van der Waals surface area contributed by atoms with Gasteiger partial charge in [-0.2, -0.15) is 5.10 Å². The fourth-order valence-corrected chi connectivity index (χ4v) is 6.97. The van der Waals surface area contributed by atoms with E-state index in [-0.39, 0.29) is 0 Å². The maximum atomic E-state index is 6.33. The Kier molecular flexibility index (Phi) is 14.3. The van der Waals surface area contributed by atoms with Crippen molar-refractivity contribution in [2.24, 2.45) is 21.7 Å². The Bertz CT molecular complexity index is 1650. The molecule has 1 atom stereocenters. The number of rotatable bonds is 18. The number of ether oxygens (including phenoxy) is 1. The molecule has 4 rings (SSSR count). The predicted octanol–water partition coefficient (Wildman–Crippen LogP) is 6.85.